The van der Waals surface area contributed by atoms with Crippen molar-refractivity contribution in [2.45, 2.75) is 33.7 Å². The number of nitrogen functional groups attached to an aromatic ring is 1. The summed E-state index contributed by atoms with van der Waals surface area (Å²) in [4.78, 5) is 22.2. The van der Waals surface area contributed by atoms with E-state index in [1.165, 1.54) is 0 Å². The van der Waals surface area contributed by atoms with Gasteiger partial charge in [-0.25, -0.2) is 9.97 Å². The second-order valence-corrected chi connectivity index (χ2v) is 7.21. The van der Waals surface area contributed by atoms with Gasteiger partial charge in [0.1, 0.15) is 11.6 Å². The van der Waals surface area contributed by atoms with Gasteiger partial charge in [-0.3, -0.25) is 4.79 Å². The van der Waals surface area contributed by atoms with Crippen molar-refractivity contribution < 1.29 is 9.90 Å². The lowest BCUT2D eigenvalue weighted by Gasteiger charge is -2.21. The molecule has 0 atom stereocenters. The maximum atomic E-state index is 11.4. The predicted molar refractivity (Wildman–Crippen MR) is 92.9 cm³/mol. The van der Waals surface area contributed by atoms with E-state index in [9.17, 15) is 9.90 Å². The quantitative estimate of drug-likeness (QED) is 0.525. The van der Waals surface area contributed by atoms with Crippen molar-refractivity contribution in [1.29, 1.82) is 0 Å². The number of amides is 1. The van der Waals surface area contributed by atoms with Crippen LogP contribution in [0.4, 0.5) is 5.82 Å². The number of carbonyl (C=O) groups is 1. The molecule has 1 aromatic heterocycles. The van der Waals surface area contributed by atoms with Crippen LogP contribution in [0.15, 0.2) is 16.8 Å². The largest absolute Gasteiger partial charge is 0.396 e. The molecule has 0 saturated heterocycles. The number of allylic oxidation sites excluding steroid dienone is 1. The van der Waals surface area contributed by atoms with E-state index in [2.05, 4.69) is 16.9 Å². The lowest BCUT2D eigenvalue weighted by atomic mass is 10.2. The van der Waals surface area contributed by atoms with Gasteiger partial charge in [0.2, 0.25) is 6.41 Å². The summed E-state index contributed by atoms with van der Waals surface area (Å²) < 4.78 is 0. The molecule has 0 saturated carbocycles. The minimum atomic E-state index is 0.0480. The van der Waals surface area contributed by atoms with Gasteiger partial charge in [-0.1, -0.05) is 28.5 Å². The van der Waals surface area contributed by atoms with Gasteiger partial charge < -0.3 is 15.7 Å². The molecule has 1 rings (SSSR count). The molecule has 3 N–H and O–H groups in total. The summed E-state index contributed by atoms with van der Waals surface area (Å²) in [6, 6.07) is 0. The van der Waals surface area contributed by atoms with E-state index in [0.29, 0.717) is 30.2 Å². The van der Waals surface area contributed by atoms with E-state index in [-0.39, 0.29) is 6.61 Å². The zero-order valence-electron chi connectivity index (χ0n) is 13.1. The van der Waals surface area contributed by atoms with Crippen molar-refractivity contribution in [3.8, 4) is 0 Å². The van der Waals surface area contributed by atoms with E-state index >= 15 is 0 Å². The Labute approximate surface area is 139 Å². The van der Waals surface area contributed by atoms with E-state index in [4.69, 9.17) is 5.73 Å². The number of aliphatic hydroxyl groups excluding tert-OH is 1. The molecule has 6 nitrogen and oxygen atoms in total. The molecule has 8 heteroatoms. The molecule has 0 aromatic carbocycles. The third kappa shape index (κ3) is 5.51. The third-order valence-corrected chi connectivity index (χ3v) is 5.66. The van der Waals surface area contributed by atoms with E-state index in [1.807, 2.05) is 6.92 Å². The lowest BCUT2D eigenvalue weighted by molar-refractivity contribution is -0.116. The normalized spacial score (nSPS) is 12.0. The number of rotatable bonds is 9. The van der Waals surface area contributed by atoms with Gasteiger partial charge in [0.25, 0.3) is 0 Å². The number of nitrogens with two attached hydrogens (primary N) is 1. The average molecular weight is 342 g/mol. The van der Waals surface area contributed by atoms with Gasteiger partial charge in [-0.2, -0.15) is 0 Å². The molecule has 1 heterocycles. The van der Waals surface area contributed by atoms with Crippen LogP contribution in [0, 0.1) is 6.92 Å². The highest BCUT2D eigenvalue weighted by Gasteiger charge is 2.14. The van der Waals surface area contributed by atoms with Gasteiger partial charge in [-0.05, 0) is 13.8 Å². The second kappa shape index (κ2) is 9.70. The first-order chi connectivity index (χ1) is 10.5. The number of aliphatic hydroxyl groups is 1. The Balaban J connectivity index is 2.98. The van der Waals surface area contributed by atoms with E-state index in [1.54, 1.807) is 39.6 Å². The number of aromatic nitrogens is 2. The molecule has 0 spiro atoms. The minimum Gasteiger partial charge on any atom is -0.396 e. The second-order valence-electron chi connectivity index (χ2n) is 4.53. The summed E-state index contributed by atoms with van der Waals surface area (Å²) in [6.45, 7) is 6.06. The molecule has 22 heavy (non-hydrogen) atoms. The Kier molecular flexibility index (Phi) is 8.29. The first-order valence-electron chi connectivity index (χ1n) is 6.93. The summed E-state index contributed by atoms with van der Waals surface area (Å²) in [7, 11) is 3.27. The van der Waals surface area contributed by atoms with Crippen molar-refractivity contribution in [3.63, 3.8) is 0 Å². The topological polar surface area (TPSA) is 92.3 Å². The van der Waals surface area contributed by atoms with Crippen molar-refractivity contribution in [1.82, 2.24) is 14.9 Å². The van der Waals surface area contributed by atoms with Crippen LogP contribution in [0.3, 0.4) is 0 Å². The number of nitrogens with zero attached hydrogens (tertiary/aromatic N) is 3. The summed E-state index contributed by atoms with van der Waals surface area (Å²) in [5, 5.41) is 9.20. The third-order valence-electron chi connectivity index (χ3n) is 2.94. The average Bonchev–Trinajstić information content (AvgIpc) is 2.50. The van der Waals surface area contributed by atoms with Gasteiger partial charge >= 0.3 is 0 Å². The highest BCUT2D eigenvalue weighted by atomic mass is 33.1. The first kappa shape index (κ1) is 18.8. The van der Waals surface area contributed by atoms with Crippen LogP contribution < -0.4 is 5.73 Å². The number of anilines is 1. The van der Waals surface area contributed by atoms with Gasteiger partial charge in [0.05, 0.1) is 6.54 Å². The highest BCUT2D eigenvalue weighted by Crippen LogP contribution is 2.35. The monoisotopic (exact) mass is 342 g/mol. The van der Waals surface area contributed by atoms with Crippen molar-refractivity contribution in [2.75, 3.05) is 18.1 Å². The Hall–Kier alpha value is -1.25. The molecular formula is C14H22N4O2S2. The SMILES string of the molecule is CCSS/C(CCO)=C(/C)N(C=O)Cc1cnc(C)nc1N. The minimum absolute atomic E-state index is 0.0480. The summed E-state index contributed by atoms with van der Waals surface area (Å²) >= 11 is 0. The van der Waals surface area contributed by atoms with Gasteiger partial charge in [-0.15, -0.1) is 0 Å². The van der Waals surface area contributed by atoms with Crippen molar-refractivity contribution in [2.24, 2.45) is 0 Å². The molecule has 0 aliphatic heterocycles. The molecule has 0 unspecified atom stereocenters. The predicted octanol–water partition coefficient (Wildman–Crippen LogP) is 2.34. The molecular weight excluding hydrogens is 320 g/mol. The summed E-state index contributed by atoms with van der Waals surface area (Å²) in [6.07, 6.45) is 2.93. The number of hydrogen-bond donors (Lipinski definition) is 2. The van der Waals surface area contributed by atoms with E-state index < -0.39 is 0 Å². The van der Waals surface area contributed by atoms with Gasteiger partial charge in [0, 0.05) is 41.1 Å². The first-order valence-corrected chi connectivity index (χ1v) is 9.25. The van der Waals surface area contributed by atoms with Crippen molar-refractivity contribution >= 4 is 33.8 Å². The molecule has 122 valence electrons. The number of carbonyl (C=O) groups excluding carboxylic acids is 1. The fourth-order valence-corrected chi connectivity index (χ4v) is 3.79. The zero-order chi connectivity index (χ0) is 16.5. The standard InChI is InChI=1S/C14H22N4O2S2/c1-4-21-22-13(5-6-19)10(2)18(9-20)8-12-7-16-11(3)17-14(12)15/h7,9,19H,4-6,8H2,1-3H3,(H2,15,16,17)/b13-10-. The van der Waals surface area contributed by atoms with Crippen LogP contribution in [-0.4, -0.2) is 38.7 Å². The Morgan fingerprint density at radius 2 is 2.27 bits per heavy atom. The van der Waals surface area contributed by atoms with Crippen LogP contribution in [0.5, 0.6) is 0 Å². The molecule has 1 amide bonds. The van der Waals surface area contributed by atoms with Crippen molar-refractivity contribution in [3.05, 3.63) is 28.2 Å². The van der Waals surface area contributed by atoms with E-state index in [0.717, 1.165) is 22.8 Å². The Morgan fingerprint density at radius 3 is 2.82 bits per heavy atom. The molecule has 0 bridgehead atoms. The molecule has 0 fully saturated rings. The van der Waals surface area contributed by atoms with Crippen LogP contribution in [0.25, 0.3) is 0 Å². The zero-order valence-corrected chi connectivity index (χ0v) is 14.7. The van der Waals surface area contributed by atoms with Crippen LogP contribution in [0.1, 0.15) is 31.7 Å². The van der Waals surface area contributed by atoms with Crippen LogP contribution >= 0.6 is 21.6 Å². The summed E-state index contributed by atoms with van der Waals surface area (Å²) in [5.41, 5.74) is 7.40. The number of aryl methyl sites for hydroxylation is 1. The van der Waals surface area contributed by atoms with Crippen LogP contribution in [0.2, 0.25) is 0 Å². The summed E-state index contributed by atoms with van der Waals surface area (Å²) in [5.74, 6) is 1.93. The molecule has 0 radical (unpaired) electrons. The lowest BCUT2D eigenvalue weighted by Crippen LogP contribution is -2.21. The van der Waals surface area contributed by atoms with Crippen LogP contribution in [-0.2, 0) is 11.3 Å². The molecule has 0 aliphatic carbocycles. The Bertz CT molecular complexity index is 538. The smallest absolute Gasteiger partial charge is 0.214 e. The fraction of sp³-hybridized carbons (Fsp3) is 0.500. The molecule has 1 aromatic rings. The molecule has 0 aliphatic rings. The highest BCUT2D eigenvalue weighted by molar-refractivity contribution is 8.78. The number of hydrogen-bond acceptors (Lipinski definition) is 7. The Morgan fingerprint density at radius 1 is 1.55 bits per heavy atom. The fourth-order valence-electron chi connectivity index (χ4n) is 1.73. The maximum absolute atomic E-state index is 11.4. The van der Waals surface area contributed by atoms with Gasteiger partial charge in [0.15, 0.2) is 0 Å². The maximum Gasteiger partial charge on any atom is 0.214 e.